The van der Waals surface area contributed by atoms with Crippen molar-refractivity contribution in [2.24, 2.45) is 0 Å². The van der Waals surface area contributed by atoms with E-state index in [1.54, 1.807) is 29.0 Å². The molecule has 0 aliphatic rings. The Hall–Kier alpha value is -2.05. The molecule has 4 rings (SSSR count). The van der Waals surface area contributed by atoms with E-state index in [0.29, 0.717) is 0 Å². The highest BCUT2D eigenvalue weighted by atomic mass is 32.1. The maximum Gasteiger partial charge on any atom is 0.142 e. The predicted molar refractivity (Wildman–Crippen MR) is 85.1 cm³/mol. The molecule has 6 heteroatoms. The second kappa shape index (κ2) is 4.50. The zero-order chi connectivity index (χ0) is 13.5. The first-order valence-electron chi connectivity index (χ1n) is 6.12. The van der Waals surface area contributed by atoms with E-state index in [-0.39, 0.29) is 0 Å². The second-order valence-corrected chi connectivity index (χ2v) is 6.53. The molecule has 0 fully saturated rings. The van der Waals surface area contributed by atoms with Gasteiger partial charge in [0, 0.05) is 5.69 Å². The molecule has 98 valence electrons. The molecular formula is C14H10N4S2. The van der Waals surface area contributed by atoms with E-state index in [2.05, 4.69) is 26.3 Å². The third-order valence-corrected chi connectivity index (χ3v) is 4.77. The van der Waals surface area contributed by atoms with Gasteiger partial charge in [-0.2, -0.15) is 0 Å². The van der Waals surface area contributed by atoms with Crippen LogP contribution < -0.4 is 5.32 Å². The first kappa shape index (κ1) is 11.7. The van der Waals surface area contributed by atoms with E-state index in [9.17, 15) is 0 Å². The number of nitrogens with one attached hydrogen (secondary N) is 1. The van der Waals surface area contributed by atoms with Gasteiger partial charge in [0.15, 0.2) is 0 Å². The van der Waals surface area contributed by atoms with Crippen molar-refractivity contribution in [1.29, 1.82) is 0 Å². The van der Waals surface area contributed by atoms with Gasteiger partial charge in [-0.05, 0) is 36.6 Å². The van der Waals surface area contributed by atoms with Gasteiger partial charge in [0.25, 0.3) is 0 Å². The van der Waals surface area contributed by atoms with Crippen LogP contribution in [0, 0.1) is 6.92 Å². The molecule has 0 amide bonds. The van der Waals surface area contributed by atoms with Crippen LogP contribution >= 0.6 is 22.7 Å². The summed E-state index contributed by atoms with van der Waals surface area (Å²) >= 11 is 3.32. The van der Waals surface area contributed by atoms with Crippen LogP contribution in [-0.2, 0) is 0 Å². The number of hydrogen-bond donors (Lipinski definition) is 1. The number of rotatable bonds is 2. The molecule has 0 spiro atoms. The van der Waals surface area contributed by atoms with E-state index < -0.39 is 0 Å². The zero-order valence-electron chi connectivity index (χ0n) is 10.6. The van der Waals surface area contributed by atoms with E-state index in [0.717, 1.165) is 32.2 Å². The number of thiophene rings is 1. The highest BCUT2D eigenvalue weighted by Gasteiger charge is 2.06. The summed E-state index contributed by atoms with van der Waals surface area (Å²) < 4.78 is 1.18. The average Bonchev–Trinajstić information content (AvgIpc) is 3.03. The van der Waals surface area contributed by atoms with Gasteiger partial charge in [0.05, 0.1) is 20.6 Å². The summed E-state index contributed by atoms with van der Waals surface area (Å²) in [5, 5.41) is 7.53. The minimum Gasteiger partial charge on any atom is -0.340 e. The molecule has 0 aliphatic carbocycles. The number of fused-ring (bicyclic) bond motifs is 2. The Morgan fingerprint density at radius 3 is 3.05 bits per heavy atom. The number of thiazole rings is 1. The molecule has 4 nitrogen and oxygen atoms in total. The number of aromatic nitrogens is 3. The van der Waals surface area contributed by atoms with Gasteiger partial charge >= 0.3 is 0 Å². The first-order valence-corrected chi connectivity index (χ1v) is 7.82. The maximum atomic E-state index is 4.47. The van der Waals surface area contributed by atoms with Crippen molar-refractivity contribution >= 4 is 54.6 Å². The summed E-state index contributed by atoms with van der Waals surface area (Å²) in [4.78, 5) is 14.1. The van der Waals surface area contributed by atoms with Gasteiger partial charge in [-0.1, -0.05) is 0 Å². The van der Waals surface area contributed by atoms with Crippen LogP contribution in [0.1, 0.15) is 5.01 Å². The Bertz CT molecular complexity index is 910. The average molecular weight is 298 g/mol. The summed E-state index contributed by atoms with van der Waals surface area (Å²) in [6.45, 7) is 2.02. The van der Waals surface area contributed by atoms with Crippen LogP contribution in [-0.4, -0.2) is 15.0 Å². The predicted octanol–water partition coefficient (Wildman–Crippen LogP) is 4.35. The van der Waals surface area contributed by atoms with Crippen molar-refractivity contribution < 1.29 is 0 Å². The number of benzene rings is 1. The highest BCUT2D eigenvalue weighted by Crippen LogP contribution is 2.29. The minimum atomic E-state index is 0.844. The van der Waals surface area contributed by atoms with Crippen molar-refractivity contribution in [2.75, 3.05) is 5.32 Å². The Labute approximate surface area is 123 Å². The lowest BCUT2D eigenvalue weighted by Gasteiger charge is -2.06. The number of nitrogens with zero attached hydrogens (tertiary/aromatic N) is 3. The van der Waals surface area contributed by atoms with Crippen molar-refractivity contribution in [3.63, 3.8) is 0 Å². The second-order valence-electron chi connectivity index (χ2n) is 4.40. The van der Waals surface area contributed by atoms with Gasteiger partial charge in [0.2, 0.25) is 0 Å². The standard InChI is InChI=1S/C14H10N4S2/c1-8-17-11-3-2-9(6-12(11)20-8)18-13-10-4-5-19-14(10)16-7-15-13/h2-7H,1H3,(H,15,16,18). The fraction of sp³-hybridized carbons (Fsp3) is 0.0714. The van der Waals surface area contributed by atoms with Crippen molar-refractivity contribution in [3.8, 4) is 0 Å². The summed E-state index contributed by atoms with van der Waals surface area (Å²) in [6.07, 6.45) is 1.59. The summed E-state index contributed by atoms with van der Waals surface area (Å²) in [5.74, 6) is 0.844. The van der Waals surface area contributed by atoms with Crippen molar-refractivity contribution in [2.45, 2.75) is 6.92 Å². The monoisotopic (exact) mass is 298 g/mol. The first-order chi connectivity index (χ1) is 9.79. The number of hydrogen-bond acceptors (Lipinski definition) is 6. The lowest BCUT2D eigenvalue weighted by Crippen LogP contribution is -1.94. The van der Waals surface area contributed by atoms with Crippen LogP contribution in [0.2, 0.25) is 0 Å². The SMILES string of the molecule is Cc1nc2ccc(Nc3ncnc4sccc34)cc2s1. The lowest BCUT2D eigenvalue weighted by molar-refractivity contribution is 1.23. The molecule has 0 radical (unpaired) electrons. The van der Waals surface area contributed by atoms with E-state index in [4.69, 9.17) is 0 Å². The van der Waals surface area contributed by atoms with Crippen LogP contribution in [0.15, 0.2) is 36.0 Å². The number of aryl methyl sites for hydroxylation is 1. The molecule has 0 saturated carbocycles. The summed E-state index contributed by atoms with van der Waals surface area (Å²) in [7, 11) is 0. The largest absolute Gasteiger partial charge is 0.340 e. The summed E-state index contributed by atoms with van der Waals surface area (Å²) in [5.41, 5.74) is 2.06. The molecule has 0 saturated heterocycles. The third kappa shape index (κ3) is 1.93. The van der Waals surface area contributed by atoms with E-state index >= 15 is 0 Å². The van der Waals surface area contributed by atoms with Gasteiger partial charge in [-0.3, -0.25) is 0 Å². The molecule has 1 N–H and O–H groups in total. The minimum absolute atomic E-state index is 0.844. The van der Waals surface area contributed by atoms with Crippen LogP contribution in [0.3, 0.4) is 0 Å². The maximum absolute atomic E-state index is 4.47. The normalized spacial score (nSPS) is 11.2. The van der Waals surface area contributed by atoms with Crippen LogP contribution in [0.5, 0.6) is 0 Å². The van der Waals surface area contributed by atoms with Crippen molar-refractivity contribution in [1.82, 2.24) is 15.0 Å². The Balaban J connectivity index is 1.78. The molecule has 0 bridgehead atoms. The smallest absolute Gasteiger partial charge is 0.142 e. The van der Waals surface area contributed by atoms with Gasteiger partial charge in [-0.25, -0.2) is 15.0 Å². The highest BCUT2D eigenvalue weighted by molar-refractivity contribution is 7.18. The van der Waals surface area contributed by atoms with Crippen molar-refractivity contribution in [3.05, 3.63) is 41.0 Å². The molecule has 0 atom stereocenters. The molecule has 4 aromatic rings. The molecule has 20 heavy (non-hydrogen) atoms. The van der Waals surface area contributed by atoms with Crippen LogP contribution in [0.25, 0.3) is 20.4 Å². The fourth-order valence-corrected chi connectivity index (χ4v) is 3.74. The lowest BCUT2D eigenvalue weighted by atomic mass is 10.3. The molecular weight excluding hydrogens is 288 g/mol. The third-order valence-electron chi connectivity index (χ3n) is 3.02. The Morgan fingerprint density at radius 2 is 2.10 bits per heavy atom. The van der Waals surface area contributed by atoms with Gasteiger partial charge in [-0.15, -0.1) is 22.7 Å². The molecule has 0 aliphatic heterocycles. The van der Waals surface area contributed by atoms with E-state index in [1.807, 2.05) is 30.5 Å². The molecule has 0 unspecified atom stereocenters. The fourth-order valence-electron chi connectivity index (χ4n) is 2.14. The summed E-state index contributed by atoms with van der Waals surface area (Å²) in [6, 6.07) is 8.22. The van der Waals surface area contributed by atoms with Crippen LogP contribution in [0.4, 0.5) is 11.5 Å². The van der Waals surface area contributed by atoms with Gasteiger partial charge < -0.3 is 5.32 Å². The zero-order valence-corrected chi connectivity index (χ0v) is 12.3. The Kier molecular flexibility index (Phi) is 2.64. The molecule has 3 heterocycles. The van der Waals surface area contributed by atoms with Gasteiger partial charge in [0.1, 0.15) is 17.0 Å². The molecule has 3 aromatic heterocycles. The quantitative estimate of drug-likeness (QED) is 0.597. The Morgan fingerprint density at radius 1 is 1.15 bits per heavy atom. The topological polar surface area (TPSA) is 50.7 Å². The van der Waals surface area contributed by atoms with E-state index in [1.165, 1.54) is 4.70 Å². The molecule has 1 aromatic carbocycles. The number of anilines is 2.